The van der Waals surface area contributed by atoms with Crippen molar-refractivity contribution in [2.24, 2.45) is 5.92 Å². The van der Waals surface area contributed by atoms with E-state index >= 15 is 0 Å². The lowest BCUT2D eigenvalue weighted by molar-refractivity contribution is -0.327. The summed E-state index contributed by atoms with van der Waals surface area (Å²) in [6, 6.07) is 10.1. The SMILES string of the molecule is COC(=O)C1=CO[C@@H](O[C@@H]2O[C@H](CO)[C@@H](O)[C@H](O)[C@H]2O)/C(=C\COC(=O)c2ccc(O)c(OC)c2)[C@@H]1CC(=O)OCCc1ccc(O)cc1. The number of benzene rings is 2. The monoisotopic (exact) mass is 690 g/mol. The molecular formula is C33H38O16. The molecule has 0 radical (unpaired) electrons. The molecule has 0 spiro atoms. The van der Waals surface area contributed by atoms with Crippen molar-refractivity contribution in [2.45, 2.75) is 49.8 Å². The average molecular weight is 691 g/mol. The summed E-state index contributed by atoms with van der Waals surface area (Å²) in [5, 5.41) is 60.0. The lowest BCUT2D eigenvalue weighted by Crippen LogP contribution is -2.60. The Kier molecular flexibility index (Phi) is 13.0. The van der Waals surface area contributed by atoms with Crippen LogP contribution in [-0.4, -0.2) is 120 Å². The number of ether oxygens (including phenoxy) is 7. The summed E-state index contributed by atoms with van der Waals surface area (Å²) in [5.74, 6) is -3.68. The van der Waals surface area contributed by atoms with E-state index < -0.39 is 80.5 Å². The molecule has 6 N–H and O–H groups in total. The highest BCUT2D eigenvalue weighted by Crippen LogP contribution is 2.36. The summed E-state index contributed by atoms with van der Waals surface area (Å²) < 4.78 is 37.6. The Morgan fingerprint density at radius 3 is 2.33 bits per heavy atom. The maximum atomic E-state index is 13.1. The maximum Gasteiger partial charge on any atom is 0.338 e. The van der Waals surface area contributed by atoms with E-state index in [9.17, 15) is 45.0 Å². The van der Waals surface area contributed by atoms with E-state index in [0.717, 1.165) is 18.9 Å². The number of esters is 3. The number of methoxy groups -OCH3 is 2. The molecule has 49 heavy (non-hydrogen) atoms. The van der Waals surface area contributed by atoms with Gasteiger partial charge in [-0.25, -0.2) is 9.59 Å². The number of rotatable bonds is 13. The van der Waals surface area contributed by atoms with Crippen molar-refractivity contribution in [3.05, 3.63) is 77.1 Å². The number of carbonyl (C=O) groups excluding carboxylic acids is 3. The van der Waals surface area contributed by atoms with E-state index in [1.54, 1.807) is 12.1 Å². The van der Waals surface area contributed by atoms with Crippen molar-refractivity contribution in [2.75, 3.05) is 34.0 Å². The molecule has 2 heterocycles. The van der Waals surface area contributed by atoms with Crippen molar-refractivity contribution >= 4 is 17.9 Å². The summed E-state index contributed by atoms with van der Waals surface area (Å²) in [6.45, 7) is -1.24. The number of phenols is 2. The molecule has 16 heteroatoms. The number of hydrogen-bond donors (Lipinski definition) is 6. The molecule has 0 amide bonds. The number of carbonyl (C=O) groups is 3. The van der Waals surface area contributed by atoms with E-state index in [1.165, 1.54) is 43.5 Å². The molecule has 0 bridgehead atoms. The lowest BCUT2D eigenvalue weighted by atomic mass is 9.86. The summed E-state index contributed by atoms with van der Waals surface area (Å²) in [5.41, 5.74) is 0.721. The molecule has 4 rings (SSSR count). The highest BCUT2D eigenvalue weighted by atomic mass is 16.8. The van der Waals surface area contributed by atoms with Gasteiger partial charge >= 0.3 is 17.9 Å². The molecule has 2 aliphatic rings. The predicted molar refractivity (Wildman–Crippen MR) is 164 cm³/mol. The summed E-state index contributed by atoms with van der Waals surface area (Å²) >= 11 is 0. The predicted octanol–water partition coefficient (Wildman–Crippen LogP) is 0.212. The van der Waals surface area contributed by atoms with Crippen LogP contribution in [0.25, 0.3) is 0 Å². The Labute approximate surface area is 280 Å². The van der Waals surface area contributed by atoms with Crippen molar-refractivity contribution in [3.8, 4) is 17.2 Å². The fourth-order valence-corrected chi connectivity index (χ4v) is 5.10. The molecule has 0 saturated carbocycles. The molecule has 7 atom stereocenters. The normalized spacial score (nSPS) is 25.9. The van der Waals surface area contributed by atoms with Crippen molar-refractivity contribution < 1.29 is 78.2 Å². The summed E-state index contributed by atoms with van der Waals surface area (Å²) in [4.78, 5) is 38.7. The quantitative estimate of drug-likeness (QED) is 0.0936. The average Bonchev–Trinajstić information content (AvgIpc) is 3.10. The maximum absolute atomic E-state index is 13.1. The van der Waals surface area contributed by atoms with Crippen LogP contribution in [0, 0.1) is 5.92 Å². The fraction of sp³-hybridized carbons (Fsp3) is 0.424. The van der Waals surface area contributed by atoms with Crippen LogP contribution < -0.4 is 4.74 Å². The highest BCUT2D eigenvalue weighted by molar-refractivity contribution is 5.91. The van der Waals surface area contributed by atoms with Crippen LogP contribution in [0.5, 0.6) is 17.2 Å². The number of aliphatic hydroxyl groups is 4. The van der Waals surface area contributed by atoms with Gasteiger partial charge in [-0.3, -0.25) is 4.79 Å². The van der Waals surface area contributed by atoms with Gasteiger partial charge in [-0.2, -0.15) is 0 Å². The molecular weight excluding hydrogens is 652 g/mol. The minimum Gasteiger partial charge on any atom is -0.508 e. The van der Waals surface area contributed by atoms with Crippen molar-refractivity contribution in [3.63, 3.8) is 0 Å². The Morgan fingerprint density at radius 1 is 0.918 bits per heavy atom. The molecule has 266 valence electrons. The molecule has 16 nitrogen and oxygen atoms in total. The lowest BCUT2D eigenvalue weighted by Gasteiger charge is -2.42. The Morgan fingerprint density at radius 2 is 1.65 bits per heavy atom. The highest BCUT2D eigenvalue weighted by Gasteiger charge is 2.47. The second-order valence-electron chi connectivity index (χ2n) is 10.9. The number of phenolic OH excluding ortho intramolecular Hbond substituents is 2. The molecule has 0 unspecified atom stereocenters. The van der Waals surface area contributed by atoms with E-state index in [2.05, 4.69) is 0 Å². The van der Waals surface area contributed by atoms with Gasteiger partial charge in [0, 0.05) is 17.9 Å². The second kappa shape index (κ2) is 17.1. The third-order valence-electron chi connectivity index (χ3n) is 7.81. The van der Waals surface area contributed by atoms with E-state index in [-0.39, 0.29) is 40.6 Å². The largest absolute Gasteiger partial charge is 0.508 e. The zero-order valence-electron chi connectivity index (χ0n) is 26.5. The Balaban J connectivity index is 1.59. The Bertz CT molecular complexity index is 1520. The fourth-order valence-electron chi connectivity index (χ4n) is 5.10. The Hall–Kier alpha value is -4.71. The van der Waals surface area contributed by atoms with Gasteiger partial charge in [-0.05, 0) is 42.0 Å². The van der Waals surface area contributed by atoms with Gasteiger partial charge in [0.05, 0.1) is 51.3 Å². The summed E-state index contributed by atoms with van der Waals surface area (Å²) in [7, 11) is 2.42. The van der Waals surface area contributed by atoms with Crippen LogP contribution in [0.4, 0.5) is 0 Å². The van der Waals surface area contributed by atoms with E-state index in [1.807, 2.05) is 0 Å². The third-order valence-corrected chi connectivity index (χ3v) is 7.81. The molecule has 1 saturated heterocycles. The van der Waals surface area contributed by atoms with E-state index in [4.69, 9.17) is 33.2 Å². The van der Waals surface area contributed by atoms with Crippen LogP contribution in [0.15, 0.2) is 65.9 Å². The molecule has 0 aromatic heterocycles. The molecule has 2 aromatic carbocycles. The van der Waals surface area contributed by atoms with Gasteiger partial charge in [0.1, 0.15) is 36.8 Å². The van der Waals surface area contributed by atoms with Crippen molar-refractivity contribution in [1.82, 2.24) is 0 Å². The first-order valence-electron chi connectivity index (χ1n) is 15.0. The third kappa shape index (κ3) is 9.26. The van der Waals surface area contributed by atoms with Gasteiger partial charge in [0.15, 0.2) is 17.8 Å². The minimum atomic E-state index is -1.82. The number of aromatic hydroxyl groups is 2. The van der Waals surface area contributed by atoms with Gasteiger partial charge in [-0.1, -0.05) is 12.1 Å². The van der Waals surface area contributed by atoms with Gasteiger partial charge in [0.2, 0.25) is 6.29 Å². The smallest absolute Gasteiger partial charge is 0.338 e. The molecule has 0 aliphatic carbocycles. The number of hydrogen-bond acceptors (Lipinski definition) is 16. The van der Waals surface area contributed by atoms with Crippen LogP contribution in [0.2, 0.25) is 0 Å². The van der Waals surface area contributed by atoms with Crippen LogP contribution in [0.3, 0.4) is 0 Å². The van der Waals surface area contributed by atoms with Gasteiger partial charge in [-0.15, -0.1) is 0 Å². The van der Waals surface area contributed by atoms with Crippen LogP contribution in [0.1, 0.15) is 22.3 Å². The standard InChI is InChI=1S/C33H38O16/c1-43-24-13-18(5-8-23(24)36)30(41)46-12-10-20-21(14-26(37)45-11-9-17-3-6-19(35)7-4-17)22(31(42)44-2)16-47-32(20)49-33-29(40)28(39)27(38)25(15-34)48-33/h3-8,10,13,16,21,25,27-29,32-36,38-40H,9,11-12,14-15H2,1-2H3/b20-10-/t21-,25+,27+,28-,29+,32-,33-/m0/s1. The minimum absolute atomic E-state index is 0.0262. The molecule has 2 aliphatic heterocycles. The number of aliphatic hydroxyl groups excluding tert-OH is 4. The molecule has 1 fully saturated rings. The first kappa shape index (κ1) is 37.1. The zero-order valence-corrected chi connectivity index (χ0v) is 26.5. The van der Waals surface area contributed by atoms with Crippen molar-refractivity contribution in [1.29, 1.82) is 0 Å². The first-order chi connectivity index (χ1) is 23.5. The first-order valence-corrected chi connectivity index (χ1v) is 15.0. The van der Waals surface area contributed by atoms with E-state index in [0.29, 0.717) is 6.42 Å². The second-order valence-corrected chi connectivity index (χ2v) is 10.9. The van der Waals surface area contributed by atoms with Gasteiger partial charge < -0.3 is 63.8 Å². The zero-order chi connectivity index (χ0) is 35.7. The van der Waals surface area contributed by atoms with Crippen LogP contribution in [-0.2, 0) is 44.4 Å². The van der Waals surface area contributed by atoms with Crippen LogP contribution >= 0.6 is 0 Å². The topological polar surface area (TPSA) is 237 Å². The van der Waals surface area contributed by atoms with Gasteiger partial charge in [0.25, 0.3) is 0 Å². The summed E-state index contributed by atoms with van der Waals surface area (Å²) in [6.07, 6.45) is -7.64. The molecule has 2 aromatic rings.